The number of amides is 1. The van der Waals surface area contributed by atoms with E-state index >= 15 is 0 Å². The predicted octanol–water partition coefficient (Wildman–Crippen LogP) is 4.10. The molecule has 4 rings (SSSR count). The summed E-state index contributed by atoms with van der Waals surface area (Å²) in [7, 11) is 1.58. The van der Waals surface area contributed by atoms with Crippen LogP contribution in [-0.2, 0) is 4.79 Å². The third-order valence-corrected chi connectivity index (χ3v) is 5.34. The number of nitrogens with zero attached hydrogens (tertiary/aromatic N) is 1. The summed E-state index contributed by atoms with van der Waals surface area (Å²) < 4.78 is 11.3. The van der Waals surface area contributed by atoms with Gasteiger partial charge < -0.3 is 19.8 Å². The lowest BCUT2D eigenvalue weighted by atomic mass is 9.86. The van der Waals surface area contributed by atoms with Crippen LogP contribution in [0.4, 0.5) is 5.82 Å². The van der Waals surface area contributed by atoms with E-state index in [0.29, 0.717) is 35.3 Å². The highest BCUT2D eigenvalue weighted by molar-refractivity contribution is 5.94. The van der Waals surface area contributed by atoms with Crippen molar-refractivity contribution in [2.75, 3.05) is 19.0 Å². The number of carbonyl (C=O) groups excluding carboxylic acids is 1. The zero-order valence-electron chi connectivity index (χ0n) is 17.6. The molecule has 1 atom stereocenters. The Kier molecular flexibility index (Phi) is 6.02. The summed E-state index contributed by atoms with van der Waals surface area (Å²) in [6, 6.07) is 14.9. The minimum Gasteiger partial charge on any atom is -0.493 e. The Morgan fingerprint density at radius 3 is 2.65 bits per heavy atom. The van der Waals surface area contributed by atoms with Crippen LogP contribution in [0.3, 0.4) is 0 Å². The number of ether oxygens (including phenoxy) is 2. The first-order valence-corrected chi connectivity index (χ1v) is 10.4. The molecule has 160 valence electrons. The molecule has 1 aliphatic rings. The van der Waals surface area contributed by atoms with Gasteiger partial charge in [-0.25, -0.2) is 4.98 Å². The Hall–Kier alpha value is -3.61. The van der Waals surface area contributed by atoms with Crippen LogP contribution in [0.1, 0.15) is 43.2 Å². The molecule has 0 saturated heterocycles. The van der Waals surface area contributed by atoms with Crippen molar-refractivity contribution in [1.82, 2.24) is 9.97 Å². The quantitative estimate of drug-likeness (QED) is 0.563. The smallest absolute Gasteiger partial charge is 0.257 e. The van der Waals surface area contributed by atoms with E-state index in [0.717, 1.165) is 24.0 Å². The number of H-pyrrole nitrogens is 1. The van der Waals surface area contributed by atoms with Gasteiger partial charge in [-0.1, -0.05) is 49.7 Å². The molecular formula is C24H25N3O4. The largest absolute Gasteiger partial charge is 0.493 e. The lowest BCUT2D eigenvalue weighted by Gasteiger charge is -2.25. The molecule has 2 N–H and O–H groups in total. The Balaban J connectivity index is 1.73. The minimum absolute atomic E-state index is 0.154. The van der Waals surface area contributed by atoms with Crippen LogP contribution < -0.4 is 20.3 Å². The van der Waals surface area contributed by atoms with Crippen LogP contribution in [-0.4, -0.2) is 29.6 Å². The normalized spacial score (nSPS) is 15.2. The van der Waals surface area contributed by atoms with E-state index in [9.17, 15) is 9.59 Å². The number of aromatic nitrogens is 2. The Bertz CT molecular complexity index is 1140. The minimum atomic E-state index is -0.427. The average Bonchev–Trinajstić information content (AvgIpc) is 2.79. The standard InChI is InChI=1S/C24H25N3O4/c1-3-4-12-31-18-11-10-16(13-19(18)30-2)17-14-20(28)25-23-21(17)24(29)27-22(26-23)15-8-6-5-7-9-15/h5-11,13,17H,3-4,12,14H2,1-2H3,(H2,25,26,27,28,29). The molecule has 1 amide bonds. The van der Waals surface area contributed by atoms with Gasteiger partial charge in [-0.3, -0.25) is 9.59 Å². The van der Waals surface area contributed by atoms with Crippen LogP contribution in [0, 0.1) is 0 Å². The van der Waals surface area contributed by atoms with Crippen LogP contribution >= 0.6 is 0 Å². The molecule has 0 spiro atoms. The molecule has 2 aromatic carbocycles. The van der Waals surface area contributed by atoms with Crippen LogP contribution in [0.15, 0.2) is 53.3 Å². The SMILES string of the molecule is CCCCOc1ccc(C2CC(=O)Nc3nc(-c4ccccc4)[nH]c(=O)c32)cc1OC. The van der Waals surface area contributed by atoms with E-state index in [1.54, 1.807) is 7.11 Å². The first-order valence-electron chi connectivity index (χ1n) is 10.4. The van der Waals surface area contributed by atoms with Gasteiger partial charge in [-0.05, 0) is 24.1 Å². The second-order valence-electron chi connectivity index (χ2n) is 7.46. The van der Waals surface area contributed by atoms with Crippen molar-refractivity contribution < 1.29 is 14.3 Å². The second-order valence-corrected chi connectivity index (χ2v) is 7.46. The Morgan fingerprint density at radius 2 is 1.90 bits per heavy atom. The predicted molar refractivity (Wildman–Crippen MR) is 119 cm³/mol. The van der Waals surface area contributed by atoms with Gasteiger partial charge >= 0.3 is 0 Å². The van der Waals surface area contributed by atoms with Crippen LogP contribution in [0.5, 0.6) is 11.5 Å². The summed E-state index contributed by atoms with van der Waals surface area (Å²) in [4.78, 5) is 32.9. The average molecular weight is 419 g/mol. The third-order valence-electron chi connectivity index (χ3n) is 5.34. The van der Waals surface area contributed by atoms with Gasteiger partial charge in [-0.2, -0.15) is 0 Å². The molecular weight excluding hydrogens is 394 g/mol. The van der Waals surface area contributed by atoms with Gasteiger partial charge in [0.15, 0.2) is 11.5 Å². The van der Waals surface area contributed by atoms with Crippen molar-refractivity contribution >= 4 is 11.7 Å². The van der Waals surface area contributed by atoms with E-state index < -0.39 is 5.92 Å². The molecule has 31 heavy (non-hydrogen) atoms. The molecule has 3 aromatic rings. The number of methoxy groups -OCH3 is 1. The number of benzene rings is 2. The molecule has 1 aromatic heterocycles. The van der Waals surface area contributed by atoms with Gasteiger partial charge in [-0.15, -0.1) is 0 Å². The molecule has 0 fully saturated rings. The van der Waals surface area contributed by atoms with Crippen LogP contribution in [0.25, 0.3) is 11.4 Å². The molecule has 0 saturated carbocycles. The maximum absolute atomic E-state index is 13.0. The van der Waals surface area contributed by atoms with Gasteiger partial charge in [0.1, 0.15) is 11.6 Å². The number of nitrogens with one attached hydrogen (secondary N) is 2. The molecule has 7 nitrogen and oxygen atoms in total. The molecule has 1 aliphatic heterocycles. The summed E-state index contributed by atoms with van der Waals surface area (Å²) in [5.41, 5.74) is 1.75. The lowest BCUT2D eigenvalue weighted by Crippen LogP contribution is -2.31. The van der Waals surface area contributed by atoms with E-state index in [2.05, 4.69) is 22.2 Å². The summed E-state index contributed by atoms with van der Waals surface area (Å²) >= 11 is 0. The number of rotatable bonds is 7. The van der Waals surface area contributed by atoms with Crippen molar-refractivity contribution in [2.45, 2.75) is 32.1 Å². The van der Waals surface area contributed by atoms with E-state index in [4.69, 9.17) is 9.47 Å². The van der Waals surface area contributed by atoms with Crippen molar-refractivity contribution in [3.8, 4) is 22.9 Å². The van der Waals surface area contributed by atoms with Crippen molar-refractivity contribution in [1.29, 1.82) is 0 Å². The maximum atomic E-state index is 13.0. The molecule has 0 bridgehead atoms. The van der Waals surface area contributed by atoms with Crippen LogP contribution in [0.2, 0.25) is 0 Å². The molecule has 7 heteroatoms. The third kappa shape index (κ3) is 4.30. The number of carbonyl (C=O) groups is 1. The first-order chi connectivity index (χ1) is 15.1. The molecule has 0 radical (unpaired) electrons. The molecule has 1 unspecified atom stereocenters. The molecule has 2 heterocycles. The van der Waals surface area contributed by atoms with Gasteiger partial charge in [0.25, 0.3) is 5.56 Å². The Morgan fingerprint density at radius 1 is 1.10 bits per heavy atom. The summed E-state index contributed by atoms with van der Waals surface area (Å²) in [6.45, 7) is 2.71. The number of fused-ring (bicyclic) bond motifs is 1. The van der Waals surface area contributed by atoms with E-state index in [-0.39, 0.29) is 17.9 Å². The zero-order valence-corrected chi connectivity index (χ0v) is 17.6. The fraction of sp³-hybridized carbons (Fsp3) is 0.292. The summed E-state index contributed by atoms with van der Waals surface area (Å²) in [6.07, 6.45) is 2.14. The lowest BCUT2D eigenvalue weighted by molar-refractivity contribution is -0.116. The number of hydrogen-bond acceptors (Lipinski definition) is 5. The second kappa shape index (κ2) is 9.04. The fourth-order valence-electron chi connectivity index (χ4n) is 3.74. The number of anilines is 1. The van der Waals surface area contributed by atoms with Crippen molar-refractivity contribution in [3.05, 3.63) is 70.0 Å². The summed E-state index contributed by atoms with van der Waals surface area (Å²) in [5.74, 6) is 1.33. The first kappa shape index (κ1) is 20.7. The number of unbranched alkanes of at least 4 members (excludes halogenated alkanes) is 1. The van der Waals surface area contributed by atoms with E-state index in [1.165, 1.54) is 0 Å². The number of hydrogen-bond donors (Lipinski definition) is 2. The Labute approximate surface area is 180 Å². The highest BCUT2D eigenvalue weighted by atomic mass is 16.5. The highest BCUT2D eigenvalue weighted by Crippen LogP contribution is 2.38. The topological polar surface area (TPSA) is 93.3 Å². The van der Waals surface area contributed by atoms with Crippen molar-refractivity contribution in [3.63, 3.8) is 0 Å². The maximum Gasteiger partial charge on any atom is 0.257 e. The number of aromatic amines is 1. The monoisotopic (exact) mass is 419 g/mol. The van der Waals surface area contributed by atoms with Gasteiger partial charge in [0.05, 0.1) is 19.3 Å². The van der Waals surface area contributed by atoms with Gasteiger partial charge in [0.2, 0.25) is 5.91 Å². The van der Waals surface area contributed by atoms with Gasteiger partial charge in [0, 0.05) is 17.9 Å². The van der Waals surface area contributed by atoms with Crippen molar-refractivity contribution in [2.24, 2.45) is 0 Å². The highest BCUT2D eigenvalue weighted by Gasteiger charge is 2.31. The van der Waals surface area contributed by atoms with E-state index in [1.807, 2.05) is 48.5 Å². The molecule has 0 aliphatic carbocycles. The summed E-state index contributed by atoms with van der Waals surface area (Å²) in [5, 5.41) is 2.76. The fourth-order valence-corrected chi connectivity index (χ4v) is 3.74. The zero-order chi connectivity index (χ0) is 21.8.